The van der Waals surface area contributed by atoms with Crippen LogP contribution in [0, 0.1) is 12.8 Å². The second-order valence-corrected chi connectivity index (χ2v) is 10.4. The number of ether oxygens (including phenoxy) is 2. The van der Waals surface area contributed by atoms with Crippen molar-refractivity contribution in [3.63, 3.8) is 0 Å². The molecule has 2 aromatic rings. The summed E-state index contributed by atoms with van der Waals surface area (Å²) < 4.78 is 12.3. The van der Waals surface area contributed by atoms with Gasteiger partial charge in [0, 0.05) is 23.1 Å². The van der Waals surface area contributed by atoms with Gasteiger partial charge in [-0.1, -0.05) is 52.5 Å². The Morgan fingerprint density at radius 1 is 1.06 bits per heavy atom. The van der Waals surface area contributed by atoms with Gasteiger partial charge >= 0.3 is 5.97 Å². The molecule has 10 heteroatoms. The number of benzene rings is 2. The summed E-state index contributed by atoms with van der Waals surface area (Å²) in [6, 6.07) is 4.48. The number of rotatable bonds is 3. The number of aliphatic hydroxyl groups is 1. The van der Waals surface area contributed by atoms with Gasteiger partial charge in [-0.25, -0.2) is 4.79 Å². The predicted molar refractivity (Wildman–Crippen MR) is 132 cm³/mol. The van der Waals surface area contributed by atoms with Gasteiger partial charge in [0.15, 0.2) is 5.60 Å². The monoisotopic (exact) mass is 554 g/mol. The molecule has 3 atom stereocenters. The topological polar surface area (TPSA) is 93.1 Å². The molecule has 0 fully saturated rings. The number of hydrogen-bond donors (Lipinski definition) is 2. The summed E-state index contributed by atoms with van der Waals surface area (Å²) in [5, 5.41) is 21.7. The normalized spacial score (nSPS) is 24.4. The minimum absolute atomic E-state index is 0.0144. The number of fused-ring (bicyclic) bond motifs is 6. The van der Waals surface area contributed by atoms with Crippen molar-refractivity contribution in [2.45, 2.75) is 38.4 Å². The first-order valence-corrected chi connectivity index (χ1v) is 12.2. The number of hydrogen-bond acceptors (Lipinski definition) is 6. The molecule has 182 valence electrons. The van der Waals surface area contributed by atoms with E-state index in [1.807, 2.05) is 0 Å². The second kappa shape index (κ2) is 8.34. The average Bonchev–Trinajstić information content (AvgIpc) is 3.07. The highest BCUT2D eigenvalue weighted by Crippen LogP contribution is 2.60. The van der Waals surface area contributed by atoms with Crippen LogP contribution in [0.3, 0.4) is 0 Å². The summed E-state index contributed by atoms with van der Waals surface area (Å²) in [6.07, 6.45) is 1.14. The van der Waals surface area contributed by atoms with E-state index in [2.05, 4.69) is 0 Å². The molecule has 0 saturated carbocycles. The van der Waals surface area contributed by atoms with Crippen LogP contribution in [-0.4, -0.2) is 28.1 Å². The first kappa shape index (κ1) is 24.3. The van der Waals surface area contributed by atoms with Crippen LogP contribution >= 0.6 is 46.4 Å². The minimum atomic E-state index is -1.51. The molecular formula is C25H18Cl4O6. The SMILES string of the molecule is CC(=O)CCC1=CC2C(Oc3c(cc(Cl)c(O)c3C)C23OC(=O)c2cc(Cl)c(Cl)cc23)C(Cl)=C1O. The van der Waals surface area contributed by atoms with Gasteiger partial charge in [0.05, 0.1) is 26.5 Å². The fourth-order valence-electron chi connectivity index (χ4n) is 5.01. The Morgan fingerprint density at radius 3 is 2.40 bits per heavy atom. The minimum Gasteiger partial charge on any atom is -0.506 e. The maximum atomic E-state index is 13.2. The van der Waals surface area contributed by atoms with E-state index in [1.165, 1.54) is 19.1 Å². The molecule has 0 aromatic heterocycles. The van der Waals surface area contributed by atoms with Gasteiger partial charge in [-0.15, -0.1) is 0 Å². The number of esters is 1. The Labute approximate surface area is 220 Å². The summed E-state index contributed by atoms with van der Waals surface area (Å²) in [4.78, 5) is 24.8. The fourth-order valence-corrected chi connectivity index (χ4v) is 5.89. The molecule has 0 bridgehead atoms. The maximum Gasteiger partial charge on any atom is 0.339 e. The third-order valence-corrected chi connectivity index (χ3v) is 8.12. The lowest BCUT2D eigenvalue weighted by molar-refractivity contribution is -0.116. The van der Waals surface area contributed by atoms with Crippen LogP contribution in [-0.2, 0) is 15.1 Å². The summed E-state index contributed by atoms with van der Waals surface area (Å²) >= 11 is 25.6. The van der Waals surface area contributed by atoms with Gasteiger partial charge in [0.1, 0.15) is 34.2 Å². The maximum absolute atomic E-state index is 13.2. The van der Waals surface area contributed by atoms with Crippen LogP contribution < -0.4 is 4.74 Å². The zero-order valence-corrected chi connectivity index (χ0v) is 21.4. The number of aliphatic hydroxyl groups excluding tert-OH is 1. The number of Topliss-reactive ketones (excluding diaryl/α,β-unsaturated/α-hetero) is 1. The van der Waals surface area contributed by atoms with Gasteiger partial charge < -0.3 is 24.5 Å². The van der Waals surface area contributed by atoms with E-state index in [0.29, 0.717) is 22.3 Å². The van der Waals surface area contributed by atoms with Gasteiger partial charge in [-0.3, -0.25) is 0 Å². The smallest absolute Gasteiger partial charge is 0.339 e. The Balaban J connectivity index is 1.84. The summed E-state index contributed by atoms with van der Waals surface area (Å²) in [7, 11) is 0. The standard InChI is InChI=1S/C25H18Cl4O6/c1-9(30)3-4-11-5-14-23(19(29)21(11)32)34-22-10(2)20(31)18(28)8-15(22)25(14)13-7-17(27)16(26)6-12(13)24(33)35-25/h5-8,14,23,31-32H,3-4H2,1-2H3. The molecule has 2 heterocycles. The number of carbonyl (C=O) groups is 2. The van der Waals surface area contributed by atoms with Crippen LogP contribution in [0.2, 0.25) is 15.1 Å². The number of carbonyl (C=O) groups excluding carboxylic acids is 2. The average molecular weight is 556 g/mol. The molecule has 2 N–H and O–H groups in total. The number of phenols is 1. The van der Waals surface area contributed by atoms with Crippen LogP contribution in [0.4, 0.5) is 0 Å². The Morgan fingerprint density at radius 2 is 1.71 bits per heavy atom. The van der Waals surface area contributed by atoms with Crippen molar-refractivity contribution in [2.75, 3.05) is 0 Å². The van der Waals surface area contributed by atoms with Crippen molar-refractivity contribution in [1.82, 2.24) is 0 Å². The lowest BCUT2D eigenvalue weighted by atomic mass is 9.68. The van der Waals surface area contributed by atoms with Gasteiger partial charge in [-0.2, -0.15) is 0 Å². The molecule has 0 amide bonds. The van der Waals surface area contributed by atoms with E-state index < -0.39 is 23.6 Å². The van der Waals surface area contributed by atoms with E-state index in [9.17, 15) is 19.8 Å². The molecule has 0 saturated heterocycles. The van der Waals surface area contributed by atoms with Gasteiger partial charge in [-0.05, 0) is 44.0 Å². The highest BCUT2D eigenvalue weighted by atomic mass is 35.5. The number of phenolic OH excluding ortho intramolecular Hbond substituents is 1. The summed E-state index contributed by atoms with van der Waals surface area (Å²) in [6.45, 7) is 3.06. The van der Waals surface area contributed by atoms with E-state index in [4.69, 9.17) is 55.9 Å². The summed E-state index contributed by atoms with van der Waals surface area (Å²) in [5.41, 5.74) is 0.238. The zero-order chi connectivity index (χ0) is 25.4. The first-order valence-electron chi connectivity index (χ1n) is 10.7. The molecule has 6 nitrogen and oxygen atoms in total. The van der Waals surface area contributed by atoms with E-state index in [1.54, 1.807) is 19.1 Å². The predicted octanol–water partition coefficient (Wildman–Crippen LogP) is 6.77. The number of halogens is 4. The van der Waals surface area contributed by atoms with Crippen molar-refractivity contribution in [3.05, 3.63) is 78.0 Å². The molecule has 1 aliphatic carbocycles. The third-order valence-electron chi connectivity index (χ3n) is 6.72. The lowest BCUT2D eigenvalue weighted by Gasteiger charge is -2.47. The van der Waals surface area contributed by atoms with Crippen LogP contribution in [0.1, 0.15) is 46.8 Å². The highest BCUT2D eigenvalue weighted by Gasteiger charge is 2.61. The number of ketones is 1. The molecule has 3 aliphatic rings. The number of allylic oxidation sites excluding steroid dienone is 1. The molecule has 2 aliphatic heterocycles. The van der Waals surface area contributed by atoms with Crippen molar-refractivity contribution in [1.29, 1.82) is 0 Å². The van der Waals surface area contributed by atoms with E-state index in [-0.39, 0.29) is 61.5 Å². The van der Waals surface area contributed by atoms with Crippen LogP contribution in [0.5, 0.6) is 11.5 Å². The molecule has 3 unspecified atom stereocenters. The molecule has 35 heavy (non-hydrogen) atoms. The third kappa shape index (κ3) is 3.45. The second-order valence-electron chi connectivity index (χ2n) is 8.80. The van der Waals surface area contributed by atoms with Gasteiger partial charge in [0.2, 0.25) is 0 Å². The van der Waals surface area contributed by atoms with Crippen LogP contribution in [0.25, 0.3) is 0 Å². The summed E-state index contributed by atoms with van der Waals surface area (Å²) in [5.74, 6) is -1.65. The molecule has 1 spiro atoms. The number of aromatic hydroxyl groups is 1. The first-order chi connectivity index (χ1) is 16.5. The highest BCUT2D eigenvalue weighted by molar-refractivity contribution is 6.42. The zero-order valence-electron chi connectivity index (χ0n) is 18.4. The van der Waals surface area contributed by atoms with E-state index in [0.717, 1.165) is 0 Å². The largest absolute Gasteiger partial charge is 0.506 e. The van der Waals surface area contributed by atoms with Crippen molar-refractivity contribution < 1.29 is 29.3 Å². The van der Waals surface area contributed by atoms with E-state index >= 15 is 0 Å². The molecule has 5 rings (SSSR count). The lowest BCUT2D eigenvalue weighted by Crippen LogP contribution is -2.50. The van der Waals surface area contributed by atoms with Crippen molar-refractivity contribution in [2.24, 2.45) is 5.92 Å². The van der Waals surface area contributed by atoms with Crippen molar-refractivity contribution in [3.8, 4) is 11.5 Å². The fraction of sp³-hybridized carbons (Fsp3) is 0.280. The molecule has 0 radical (unpaired) electrons. The van der Waals surface area contributed by atoms with Crippen LogP contribution in [0.15, 0.2) is 40.6 Å². The Kier molecular flexibility index (Phi) is 5.80. The Hall–Kier alpha value is -2.38. The quantitative estimate of drug-likeness (QED) is 0.406. The van der Waals surface area contributed by atoms with Crippen molar-refractivity contribution >= 4 is 58.2 Å². The molecular weight excluding hydrogens is 538 g/mol. The molecule has 2 aromatic carbocycles. The Bertz CT molecular complexity index is 1400. The van der Waals surface area contributed by atoms with Gasteiger partial charge in [0.25, 0.3) is 0 Å².